The minimum Gasteiger partial charge on any atom is -0.326 e. The number of carbonyl (C=O) groups excluding carboxylic acids is 1. The number of amides is 1. The maximum Gasteiger partial charge on any atom is 0.224 e. The average molecular weight is 288 g/mol. The molecule has 1 aromatic rings. The molecule has 3 heteroatoms. The van der Waals surface area contributed by atoms with Gasteiger partial charge in [-0.2, -0.15) is 0 Å². The van der Waals surface area contributed by atoms with Crippen LogP contribution < -0.4 is 5.32 Å². The van der Waals surface area contributed by atoms with Crippen LogP contribution in [-0.2, 0) is 11.3 Å². The van der Waals surface area contributed by atoms with Gasteiger partial charge < -0.3 is 5.32 Å². The number of likely N-dealkylation sites (tertiary alicyclic amines) is 1. The topological polar surface area (TPSA) is 32.3 Å². The Kier molecular flexibility index (Phi) is 6.24. The highest BCUT2D eigenvalue weighted by Gasteiger charge is 2.15. The Labute approximate surface area is 128 Å². The molecule has 1 aliphatic heterocycles. The Morgan fingerprint density at radius 3 is 2.52 bits per heavy atom. The lowest BCUT2D eigenvalue weighted by molar-refractivity contribution is -0.116. The zero-order valence-corrected chi connectivity index (χ0v) is 13.4. The van der Waals surface area contributed by atoms with Crippen LogP contribution in [0.5, 0.6) is 0 Å². The summed E-state index contributed by atoms with van der Waals surface area (Å²) < 4.78 is 0. The maximum absolute atomic E-state index is 11.7. The van der Waals surface area contributed by atoms with Crippen LogP contribution in [0.4, 0.5) is 5.69 Å². The van der Waals surface area contributed by atoms with Crippen LogP contribution in [0.2, 0.25) is 0 Å². The van der Waals surface area contributed by atoms with Gasteiger partial charge in [0.15, 0.2) is 0 Å². The van der Waals surface area contributed by atoms with Gasteiger partial charge in [-0.15, -0.1) is 0 Å². The van der Waals surface area contributed by atoms with E-state index < -0.39 is 0 Å². The molecule has 2 rings (SSSR count). The van der Waals surface area contributed by atoms with E-state index in [2.05, 4.69) is 36.2 Å². The zero-order chi connectivity index (χ0) is 15.1. The molecule has 1 aliphatic rings. The first-order chi connectivity index (χ1) is 10.2. The number of rotatable bonds is 6. The smallest absolute Gasteiger partial charge is 0.224 e. The molecule has 0 aliphatic carbocycles. The predicted molar refractivity (Wildman–Crippen MR) is 88.3 cm³/mol. The third-order valence-electron chi connectivity index (χ3n) is 4.28. The van der Waals surface area contributed by atoms with Crippen LogP contribution in [-0.4, -0.2) is 23.9 Å². The van der Waals surface area contributed by atoms with E-state index in [1.165, 1.54) is 31.5 Å². The fraction of sp³-hybridized carbons (Fsp3) is 0.611. The van der Waals surface area contributed by atoms with Gasteiger partial charge in [0.1, 0.15) is 0 Å². The Morgan fingerprint density at radius 2 is 1.90 bits per heavy atom. The molecule has 0 saturated carbocycles. The second-order valence-corrected chi connectivity index (χ2v) is 6.31. The minimum absolute atomic E-state index is 0.120. The van der Waals surface area contributed by atoms with Crippen molar-refractivity contribution in [3.8, 4) is 0 Å². The van der Waals surface area contributed by atoms with Crippen LogP contribution in [0.25, 0.3) is 0 Å². The normalized spacial score (nSPS) is 16.9. The molecule has 1 heterocycles. The van der Waals surface area contributed by atoms with E-state index in [1.807, 2.05) is 12.1 Å². The summed E-state index contributed by atoms with van der Waals surface area (Å²) in [7, 11) is 0. The van der Waals surface area contributed by atoms with Gasteiger partial charge in [0.2, 0.25) is 5.91 Å². The van der Waals surface area contributed by atoms with Gasteiger partial charge in [-0.1, -0.05) is 32.4 Å². The van der Waals surface area contributed by atoms with Crippen LogP contribution in [0.1, 0.15) is 51.5 Å². The Hall–Kier alpha value is -1.35. The Morgan fingerprint density at radius 1 is 1.24 bits per heavy atom. The first kappa shape index (κ1) is 16.0. The molecule has 116 valence electrons. The van der Waals surface area contributed by atoms with Crippen molar-refractivity contribution in [1.29, 1.82) is 0 Å². The molecule has 1 N–H and O–H groups in total. The maximum atomic E-state index is 11.7. The summed E-state index contributed by atoms with van der Waals surface area (Å²) in [4.78, 5) is 14.2. The van der Waals surface area contributed by atoms with Crippen molar-refractivity contribution < 1.29 is 4.79 Å². The number of nitrogens with one attached hydrogen (secondary N) is 1. The Bertz CT molecular complexity index is 433. The summed E-state index contributed by atoms with van der Waals surface area (Å²) in [6.45, 7) is 7.88. The van der Waals surface area contributed by atoms with E-state index >= 15 is 0 Å². The van der Waals surface area contributed by atoms with Crippen LogP contribution in [0, 0.1) is 5.92 Å². The van der Waals surface area contributed by atoms with E-state index in [9.17, 15) is 4.79 Å². The summed E-state index contributed by atoms with van der Waals surface area (Å²) in [5.74, 6) is 0.997. The highest BCUT2D eigenvalue weighted by atomic mass is 16.1. The largest absolute Gasteiger partial charge is 0.326 e. The first-order valence-corrected chi connectivity index (χ1v) is 8.28. The average Bonchev–Trinajstić information content (AvgIpc) is 2.49. The van der Waals surface area contributed by atoms with Gasteiger partial charge in [0.25, 0.3) is 0 Å². The van der Waals surface area contributed by atoms with Gasteiger partial charge in [0, 0.05) is 18.7 Å². The molecule has 1 amide bonds. The Balaban J connectivity index is 1.80. The molecule has 0 bridgehead atoms. The van der Waals surface area contributed by atoms with Crippen molar-refractivity contribution in [2.75, 3.05) is 18.4 Å². The number of carbonyl (C=O) groups is 1. The van der Waals surface area contributed by atoms with Gasteiger partial charge in [0.05, 0.1) is 0 Å². The molecule has 1 fully saturated rings. The molecule has 0 spiro atoms. The summed E-state index contributed by atoms with van der Waals surface area (Å²) in [5, 5.41) is 2.96. The number of anilines is 1. The molecule has 0 radical (unpaired) electrons. The number of benzene rings is 1. The molecule has 21 heavy (non-hydrogen) atoms. The molecular weight excluding hydrogens is 260 g/mol. The number of nitrogens with zero attached hydrogens (tertiary/aromatic N) is 1. The second-order valence-electron chi connectivity index (χ2n) is 6.31. The van der Waals surface area contributed by atoms with Crippen LogP contribution in [0.15, 0.2) is 24.3 Å². The zero-order valence-electron chi connectivity index (χ0n) is 13.4. The van der Waals surface area contributed by atoms with E-state index in [-0.39, 0.29) is 5.91 Å². The molecular formula is C18H28N2O. The van der Waals surface area contributed by atoms with Crippen molar-refractivity contribution in [3.05, 3.63) is 29.8 Å². The van der Waals surface area contributed by atoms with Gasteiger partial charge in [-0.25, -0.2) is 0 Å². The lowest BCUT2D eigenvalue weighted by Crippen LogP contribution is -2.32. The lowest BCUT2D eigenvalue weighted by atomic mass is 9.99. The van der Waals surface area contributed by atoms with E-state index in [4.69, 9.17) is 0 Å². The molecule has 1 saturated heterocycles. The van der Waals surface area contributed by atoms with Crippen molar-refractivity contribution in [1.82, 2.24) is 4.90 Å². The van der Waals surface area contributed by atoms with Gasteiger partial charge in [-0.05, 0) is 56.0 Å². The van der Waals surface area contributed by atoms with Crippen molar-refractivity contribution >= 4 is 11.6 Å². The van der Waals surface area contributed by atoms with Gasteiger partial charge in [-0.3, -0.25) is 9.69 Å². The summed E-state index contributed by atoms with van der Waals surface area (Å²) in [6.07, 6.45) is 5.25. The van der Waals surface area contributed by atoms with Crippen LogP contribution in [0.3, 0.4) is 0 Å². The van der Waals surface area contributed by atoms with Crippen molar-refractivity contribution in [2.24, 2.45) is 5.92 Å². The first-order valence-electron chi connectivity index (χ1n) is 8.28. The number of hydrogen-bond acceptors (Lipinski definition) is 2. The highest BCUT2D eigenvalue weighted by molar-refractivity contribution is 5.90. The molecule has 0 atom stereocenters. The lowest BCUT2D eigenvalue weighted by Gasteiger charge is -2.30. The summed E-state index contributed by atoms with van der Waals surface area (Å²) in [6, 6.07) is 8.30. The molecule has 1 aromatic carbocycles. The minimum atomic E-state index is 0.120. The number of piperidine rings is 1. The van der Waals surface area contributed by atoms with E-state index in [1.54, 1.807) is 0 Å². The van der Waals surface area contributed by atoms with E-state index in [0.717, 1.165) is 31.0 Å². The quantitative estimate of drug-likeness (QED) is 0.856. The standard InChI is InChI=1S/C18H28N2O/c1-3-4-5-18(21)19-17-8-6-16(7-9-17)14-20-12-10-15(2)11-13-20/h6-9,15H,3-5,10-14H2,1-2H3,(H,19,21). The molecule has 3 nitrogen and oxygen atoms in total. The van der Waals surface area contributed by atoms with E-state index in [0.29, 0.717) is 6.42 Å². The highest BCUT2D eigenvalue weighted by Crippen LogP contribution is 2.19. The third kappa shape index (κ3) is 5.50. The summed E-state index contributed by atoms with van der Waals surface area (Å²) in [5.41, 5.74) is 2.24. The predicted octanol–water partition coefficient (Wildman–Crippen LogP) is 4.05. The number of hydrogen-bond donors (Lipinski definition) is 1. The van der Waals surface area contributed by atoms with Gasteiger partial charge >= 0.3 is 0 Å². The SMILES string of the molecule is CCCCC(=O)Nc1ccc(CN2CCC(C)CC2)cc1. The molecule has 0 aromatic heterocycles. The third-order valence-corrected chi connectivity index (χ3v) is 4.28. The van der Waals surface area contributed by atoms with Crippen molar-refractivity contribution in [2.45, 2.75) is 52.5 Å². The fourth-order valence-electron chi connectivity index (χ4n) is 2.73. The monoisotopic (exact) mass is 288 g/mol. The molecule has 0 unspecified atom stereocenters. The fourth-order valence-corrected chi connectivity index (χ4v) is 2.73. The summed E-state index contributed by atoms with van der Waals surface area (Å²) >= 11 is 0. The van der Waals surface area contributed by atoms with Crippen molar-refractivity contribution in [3.63, 3.8) is 0 Å². The number of unbranched alkanes of at least 4 members (excludes halogenated alkanes) is 1. The van der Waals surface area contributed by atoms with Crippen LogP contribution >= 0.6 is 0 Å². The second kappa shape index (κ2) is 8.18.